The van der Waals surface area contributed by atoms with E-state index in [9.17, 15) is 0 Å². The third-order valence-electron chi connectivity index (χ3n) is 3.06. The molecule has 18 heavy (non-hydrogen) atoms. The molecule has 0 bridgehead atoms. The molecule has 0 aromatic heterocycles. The summed E-state index contributed by atoms with van der Waals surface area (Å²) in [4.78, 5) is 0. The second kappa shape index (κ2) is 7.65. The summed E-state index contributed by atoms with van der Waals surface area (Å²) in [5, 5.41) is 4.20. The Labute approximate surface area is 116 Å². The van der Waals surface area contributed by atoms with Crippen molar-refractivity contribution in [2.75, 3.05) is 13.7 Å². The highest BCUT2D eigenvalue weighted by Gasteiger charge is 2.12. The van der Waals surface area contributed by atoms with Gasteiger partial charge in [0.2, 0.25) is 0 Å². The Morgan fingerprint density at radius 3 is 2.50 bits per heavy atom. The van der Waals surface area contributed by atoms with E-state index in [0.717, 1.165) is 24.6 Å². The predicted octanol–water partition coefficient (Wildman–Crippen LogP) is 4.44. The van der Waals surface area contributed by atoms with Crippen LogP contribution in [0.4, 0.5) is 0 Å². The molecule has 1 aromatic carbocycles. The normalized spacial score (nSPS) is 12.8. The topological polar surface area (TPSA) is 21.3 Å². The third-order valence-corrected chi connectivity index (χ3v) is 3.36. The lowest BCUT2D eigenvalue weighted by molar-refractivity contribution is 0.413. The molecule has 2 nitrogen and oxygen atoms in total. The predicted molar refractivity (Wildman–Crippen MR) is 78.5 cm³/mol. The summed E-state index contributed by atoms with van der Waals surface area (Å²) in [5.74, 6) is 1.46. The minimum atomic E-state index is 0.376. The van der Waals surface area contributed by atoms with Gasteiger partial charge in [-0.15, -0.1) is 0 Å². The lowest BCUT2D eigenvalue weighted by Gasteiger charge is -2.20. The molecular formula is C15H24ClNO. The maximum Gasteiger partial charge on any atom is 0.137 e. The van der Waals surface area contributed by atoms with Crippen molar-refractivity contribution in [3.05, 3.63) is 28.8 Å². The first kappa shape index (κ1) is 15.3. The first-order valence-corrected chi connectivity index (χ1v) is 7.03. The molecular weight excluding hydrogens is 246 g/mol. The van der Waals surface area contributed by atoms with Crippen LogP contribution in [0.25, 0.3) is 0 Å². The maximum absolute atomic E-state index is 6.18. The Morgan fingerprint density at radius 2 is 2.00 bits per heavy atom. The second-order valence-electron chi connectivity index (χ2n) is 4.98. The molecule has 1 unspecified atom stereocenters. The van der Waals surface area contributed by atoms with Crippen LogP contribution >= 0.6 is 11.6 Å². The average Bonchev–Trinajstić information content (AvgIpc) is 2.34. The van der Waals surface area contributed by atoms with Crippen molar-refractivity contribution in [3.63, 3.8) is 0 Å². The molecule has 3 heteroatoms. The molecule has 0 heterocycles. The molecule has 102 valence electrons. The van der Waals surface area contributed by atoms with Crippen molar-refractivity contribution in [2.24, 2.45) is 5.92 Å². The third kappa shape index (κ3) is 4.51. The van der Waals surface area contributed by atoms with Gasteiger partial charge >= 0.3 is 0 Å². The van der Waals surface area contributed by atoms with Gasteiger partial charge in [-0.1, -0.05) is 38.4 Å². The Morgan fingerprint density at radius 1 is 1.28 bits per heavy atom. The van der Waals surface area contributed by atoms with Gasteiger partial charge in [-0.25, -0.2) is 0 Å². The van der Waals surface area contributed by atoms with Gasteiger partial charge in [-0.2, -0.15) is 0 Å². The summed E-state index contributed by atoms with van der Waals surface area (Å²) in [5.41, 5.74) is 1.24. The lowest BCUT2D eigenvalue weighted by Crippen LogP contribution is -2.21. The van der Waals surface area contributed by atoms with E-state index in [4.69, 9.17) is 16.3 Å². The van der Waals surface area contributed by atoms with Gasteiger partial charge in [0.25, 0.3) is 0 Å². The van der Waals surface area contributed by atoms with Crippen molar-refractivity contribution in [3.8, 4) is 5.75 Å². The summed E-state index contributed by atoms with van der Waals surface area (Å²) < 4.78 is 5.19. The summed E-state index contributed by atoms with van der Waals surface area (Å²) >= 11 is 6.18. The van der Waals surface area contributed by atoms with Crippen molar-refractivity contribution in [1.29, 1.82) is 0 Å². The van der Waals surface area contributed by atoms with Crippen LogP contribution in [-0.4, -0.2) is 13.7 Å². The molecule has 0 aliphatic carbocycles. The molecule has 1 N–H and O–H groups in total. The molecule has 0 aliphatic rings. The smallest absolute Gasteiger partial charge is 0.137 e. The number of hydrogen-bond acceptors (Lipinski definition) is 2. The van der Waals surface area contributed by atoms with Crippen LogP contribution in [0.15, 0.2) is 18.2 Å². The Kier molecular flexibility index (Phi) is 6.51. The monoisotopic (exact) mass is 269 g/mol. The zero-order chi connectivity index (χ0) is 13.5. The molecule has 0 amide bonds. The van der Waals surface area contributed by atoms with Crippen molar-refractivity contribution < 1.29 is 4.74 Å². The van der Waals surface area contributed by atoms with Gasteiger partial charge in [0.05, 0.1) is 12.1 Å². The van der Waals surface area contributed by atoms with Gasteiger partial charge in [0, 0.05) is 6.04 Å². The quantitative estimate of drug-likeness (QED) is 0.790. The highest BCUT2D eigenvalue weighted by Crippen LogP contribution is 2.29. The SMILES string of the molecule is CCNC(CCC(C)C)c1ccc(OC)c(Cl)c1. The molecule has 0 saturated carbocycles. The number of methoxy groups -OCH3 is 1. The standard InChI is InChI=1S/C15H24ClNO/c1-5-17-14(8-6-11(2)3)12-7-9-15(18-4)13(16)10-12/h7,9-11,14,17H,5-6,8H2,1-4H3. The molecule has 0 spiro atoms. The van der Waals surface area contributed by atoms with Crippen LogP contribution in [-0.2, 0) is 0 Å². The van der Waals surface area contributed by atoms with Gasteiger partial charge in [0.1, 0.15) is 5.75 Å². The fourth-order valence-electron chi connectivity index (χ4n) is 2.03. The Hall–Kier alpha value is -0.730. The van der Waals surface area contributed by atoms with Gasteiger partial charge in [-0.3, -0.25) is 0 Å². The molecule has 0 saturated heterocycles. The van der Waals surface area contributed by atoms with Crippen LogP contribution in [0.2, 0.25) is 5.02 Å². The average molecular weight is 270 g/mol. The van der Waals surface area contributed by atoms with E-state index in [1.54, 1.807) is 7.11 Å². The summed E-state index contributed by atoms with van der Waals surface area (Å²) in [6, 6.07) is 6.42. The molecule has 1 atom stereocenters. The largest absolute Gasteiger partial charge is 0.495 e. The first-order chi connectivity index (χ1) is 8.58. The number of hydrogen-bond donors (Lipinski definition) is 1. The fourth-order valence-corrected chi connectivity index (χ4v) is 2.30. The molecule has 1 aromatic rings. The summed E-state index contributed by atoms with van der Waals surface area (Å²) in [6.45, 7) is 7.61. The van der Waals surface area contributed by atoms with Crippen molar-refractivity contribution in [1.82, 2.24) is 5.32 Å². The van der Waals surface area contributed by atoms with E-state index in [0.29, 0.717) is 11.1 Å². The lowest BCUT2D eigenvalue weighted by atomic mass is 9.97. The number of rotatable bonds is 7. The Balaban J connectivity index is 2.81. The first-order valence-electron chi connectivity index (χ1n) is 6.65. The molecule has 0 aliphatic heterocycles. The van der Waals surface area contributed by atoms with Gasteiger partial charge in [-0.05, 0) is 43.0 Å². The van der Waals surface area contributed by atoms with E-state index in [2.05, 4.69) is 32.2 Å². The molecule has 1 rings (SSSR count). The highest BCUT2D eigenvalue weighted by atomic mass is 35.5. The van der Waals surface area contributed by atoms with E-state index in [-0.39, 0.29) is 0 Å². The van der Waals surface area contributed by atoms with E-state index in [1.807, 2.05) is 12.1 Å². The van der Waals surface area contributed by atoms with Crippen LogP contribution < -0.4 is 10.1 Å². The highest BCUT2D eigenvalue weighted by molar-refractivity contribution is 6.32. The zero-order valence-electron chi connectivity index (χ0n) is 11.8. The number of halogens is 1. The minimum Gasteiger partial charge on any atom is -0.495 e. The van der Waals surface area contributed by atoms with Crippen molar-refractivity contribution >= 4 is 11.6 Å². The molecule has 0 radical (unpaired) electrons. The Bertz CT molecular complexity index is 366. The molecule has 0 fully saturated rings. The van der Waals surface area contributed by atoms with Crippen LogP contribution in [0, 0.1) is 5.92 Å². The van der Waals surface area contributed by atoms with Crippen LogP contribution in [0.1, 0.15) is 45.2 Å². The van der Waals surface area contributed by atoms with E-state index >= 15 is 0 Å². The van der Waals surface area contributed by atoms with Gasteiger partial charge < -0.3 is 10.1 Å². The maximum atomic E-state index is 6.18. The summed E-state index contributed by atoms with van der Waals surface area (Å²) in [7, 11) is 1.64. The number of nitrogens with one attached hydrogen (secondary N) is 1. The van der Waals surface area contributed by atoms with Crippen molar-refractivity contribution in [2.45, 2.75) is 39.7 Å². The van der Waals surface area contributed by atoms with Gasteiger partial charge in [0.15, 0.2) is 0 Å². The van der Waals surface area contributed by atoms with Crippen LogP contribution in [0.5, 0.6) is 5.75 Å². The van der Waals surface area contributed by atoms with E-state index < -0.39 is 0 Å². The zero-order valence-corrected chi connectivity index (χ0v) is 12.6. The van der Waals surface area contributed by atoms with E-state index in [1.165, 1.54) is 12.0 Å². The summed E-state index contributed by atoms with van der Waals surface area (Å²) in [6.07, 6.45) is 2.34. The number of benzene rings is 1. The van der Waals surface area contributed by atoms with Crippen LogP contribution in [0.3, 0.4) is 0 Å². The minimum absolute atomic E-state index is 0.376. The number of ether oxygens (including phenoxy) is 1. The fraction of sp³-hybridized carbons (Fsp3) is 0.600. The second-order valence-corrected chi connectivity index (χ2v) is 5.38.